The first-order chi connectivity index (χ1) is 9.87. The molecule has 5 heteroatoms. The minimum absolute atomic E-state index is 0.299. The molecular weight excluding hydrogens is 268 g/mol. The summed E-state index contributed by atoms with van der Waals surface area (Å²) in [5, 5.41) is 1.01. The fourth-order valence-electron chi connectivity index (χ4n) is 2.56. The number of benzene rings is 1. The van der Waals surface area contributed by atoms with Crippen molar-refractivity contribution >= 4 is 22.9 Å². The van der Waals surface area contributed by atoms with E-state index in [9.17, 15) is 9.59 Å². The van der Waals surface area contributed by atoms with Gasteiger partial charge in [0.05, 0.1) is 6.54 Å². The van der Waals surface area contributed by atoms with Crippen molar-refractivity contribution in [3.05, 3.63) is 36.0 Å². The van der Waals surface area contributed by atoms with Crippen LogP contribution in [0.3, 0.4) is 0 Å². The second-order valence-corrected chi connectivity index (χ2v) is 6.18. The van der Waals surface area contributed by atoms with Crippen LogP contribution < -0.4 is 0 Å². The molecule has 0 radical (unpaired) electrons. The number of hydrogen-bond acceptors (Lipinski definition) is 3. The van der Waals surface area contributed by atoms with Crippen LogP contribution >= 0.6 is 0 Å². The van der Waals surface area contributed by atoms with Gasteiger partial charge in [0.2, 0.25) is 0 Å². The van der Waals surface area contributed by atoms with E-state index in [2.05, 4.69) is 0 Å². The van der Waals surface area contributed by atoms with Gasteiger partial charge in [-0.05, 0) is 32.9 Å². The monoisotopic (exact) mass is 286 g/mol. The molecule has 1 aliphatic rings. The number of imide groups is 1. The van der Waals surface area contributed by atoms with Crippen LogP contribution in [-0.4, -0.2) is 33.6 Å². The van der Waals surface area contributed by atoms with Crippen molar-refractivity contribution in [3.8, 4) is 0 Å². The molecule has 0 fully saturated rings. The third kappa shape index (κ3) is 2.39. The Morgan fingerprint density at radius 3 is 2.62 bits per heavy atom. The zero-order valence-corrected chi connectivity index (χ0v) is 12.4. The van der Waals surface area contributed by atoms with Gasteiger partial charge < -0.3 is 9.30 Å². The van der Waals surface area contributed by atoms with Gasteiger partial charge in [-0.25, -0.2) is 9.69 Å². The van der Waals surface area contributed by atoms with Crippen LogP contribution in [-0.2, 0) is 11.3 Å². The molecule has 0 N–H and O–H groups in total. The Morgan fingerprint density at radius 2 is 1.90 bits per heavy atom. The minimum Gasteiger partial charge on any atom is -0.443 e. The Balaban J connectivity index is 1.94. The average Bonchev–Trinajstić information content (AvgIpc) is 2.77. The van der Waals surface area contributed by atoms with Crippen LogP contribution in [0.25, 0.3) is 10.9 Å². The number of carbonyl (C=O) groups is 2. The molecule has 3 rings (SSSR count). The lowest BCUT2D eigenvalue weighted by Crippen LogP contribution is -2.46. The number of nitrogens with zero attached hydrogens (tertiary/aromatic N) is 2. The molecule has 5 nitrogen and oxygen atoms in total. The van der Waals surface area contributed by atoms with E-state index < -0.39 is 11.7 Å². The van der Waals surface area contributed by atoms with Crippen molar-refractivity contribution in [2.24, 2.45) is 0 Å². The molecule has 1 aromatic carbocycles. The number of fused-ring (bicyclic) bond motifs is 3. The number of aromatic nitrogens is 1. The molecule has 2 amide bonds. The quantitative estimate of drug-likeness (QED) is 0.748. The van der Waals surface area contributed by atoms with Gasteiger partial charge in [0.1, 0.15) is 11.3 Å². The van der Waals surface area contributed by atoms with E-state index in [1.165, 1.54) is 4.90 Å². The highest BCUT2D eigenvalue weighted by molar-refractivity contribution is 6.05. The van der Waals surface area contributed by atoms with E-state index in [1.807, 2.05) is 34.9 Å². The lowest BCUT2D eigenvalue weighted by atomic mass is 10.2. The zero-order chi connectivity index (χ0) is 15.2. The van der Waals surface area contributed by atoms with Crippen LogP contribution in [0, 0.1) is 0 Å². The maximum Gasteiger partial charge on any atom is 0.417 e. The number of hydrogen-bond donors (Lipinski definition) is 0. The van der Waals surface area contributed by atoms with E-state index in [4.69, 9.17) is 4.74 Å². The SMILES string of the molecule is CC(C)(C)OC(=O)N1CCn2c(cc3ccccc32)C1=O. The molecular formula is C16H18N2O3. The number of carbonyl (C=O) groups excluding carboxylic acids is 2. The molecule has 0 aliphatic carbocycles. The summed E-state index contributed by atoms with van der Waals surface area (Å²) < 4.78 is 7.25. The van der Waals surface area contributed by atoms with E-state index in [0.29, 0.717) is 18.8 Å². The Morgan fingerprint density at radius 1 is 1.19 bits per heavy atom. The van der Waals surface area contributed by atoms with Gasteiger partial charge in [0.25, 0.3) is 5.91 Å². The highest BCUT2D eigenvalue weighted by Crippen LogP contribution is 2.24. The van der Waals surface area contributed by atoms with E-state index in [0.717, 1.165) is 10.9 Å². The predicted octanol–water partition coefficient (Wildman–Crippen LogP) is 3.03. The second-order valence-electron chi connectivity index (χ2n) is 6.18. The van der Waals surface area contributed by atoms with Gasteiger partial charge in [-0.3, -0.25) is 4.79 Å². The topological polar surface area (TPSA) is 51.5 Å². The van der Waals surface area contributed by atoms with Crippen LogP contribution in [0.5, 0.6) is 0 Å². The number of ether oxygens (including phenoxy) is 1. The smallest absolute Gasteiger partial charge is 0.417 e. The fourth-order valence-corrected chi connectivity index (χ4v) is 2.56. The van der Waals surface area contributed by atoms with Crippen molar-refractivity contribution in [1.29, 1.82) is 0 Å². The van der Waals surface area contributed by atoms with E-state index in [1.54, 1.807) is 20.8 Å². The normalized spacial score (nSPS) is 15.2. The average molecular weight is 286 g/mol. The van der Waals surface area contributed by atoms with Crippen LogP contribution in [0.15, 0.2) is 30.3 Å². The molecule has 0 unspecified atom stereocenters. The second kappa shape index (κ2) is 4.62. The third-order valence-electron chi connectivity index (χ3n) is 3.44. The third-order valence-corrected chi connectivity index (χ3v) is 3.44. The summed E-state index contributed by atoms with van der Waals surface area (Å²) >= 11 is 0. The van der Waals surface area contributed by atoms with Gasteiger partial charge in [0, 0.05) is 17.4 Å². The predicted molar refractivity (Wildman–Crippen MR) is 79.2 cm³/mol. The van der Waals surface area contributed by atoms with Gasteiger partial charge in [-0.2, -0.15) is 0 Å². The van der Waals surface area contributed by atoms with Crippen molar-refractivity contribution in [3.63, 3.8) is 0 Å². The first kappa shape index (κ1) is 13.7. The summed E-state index contributed by atoms with van der Waals surface area (Å²) in [6.45, 7) is 6.29. The van der Waals surface area contributed by atoms with Gasteiger partial charge in [-0.1, -0.05) is 18.2 Å². The highest BCUT2D eigenvalue weighted by atomic mass is 16.6. The molecule has 0 saturated carbocycles. The highest BCUT2D eigenvalue weighted by Gasteiger charge is 2.33. The summed E-state index contributed by atoms with van der Waals surface area (Å²) in [6, 6.07) is 9.65. The van der Waals surface area contributed by atoms with E-state index >= 15 is 0 Å². The van der Waals surface area contributed by atoms with Crippen molar-refractivity contribution in [2.45, 2.75) is 32.9 Å². The Kier molecular flexibility index (Phi) is 3.01. The molecule has 1 aliphatic heterocycles. The molecule has 1 aromatic heterocycles. The van der Waals surface area contributed by atoms with Crippen molar-refractivity contribution in [2.75, 3.05) is 6.54 Å². The molecule has 0 saturated heterocycles. The summed E-state index contributed by atoms with van der Waals surface area (Å²) in [5.41, 5.74) is 0.944. The number of para-hydroxylation sites is 1. The molecule has 0 atom stereocenters. The molecule has 2 heterocycles. The summed E-state index contributed by atoms with van der Waals surface area (Å²) in [6.07, 6.45) is -0.580. The van der Waals surface area contributed by atoms with Crippen molar-refractivity contribution < 1.29 is 14.3 Å². The van der Waals surface area contributed by atoms with Gasteiger partial charge in [-0.15, -0.1) is 0 Å². The van der Waals surface area contributed by atoms with Gasteiger partial charge >= 0.3 is 6.09 Å². The Bertz CT molecular complexity index is 725. The first-order valence-corrected chi connectivity index (χ1v) is 7.00. The van der Waals surface area contributed by atoms with Gasteiger partial charge in [0.15, 0.2) is 0 Å². The molecule has 0 spiro atoms. The van der Waals surface area contributed by atoms with Crippen LogP contribution in [0.4, 0.5) is 4.79 Å². The maximum absolute atomic E-state index is 12.5. The zero-order valence-electron chi connectivity index (χ0n) is 12.4. The Hall–Kier alpha value is -2.30. The molecule has 0 bridgehead atoms. The molecule has 21 heavy (non-hydrogen) atoms. The first-order valence-electron chi connectivity index (χ1n) is 7.00. The lowest BCUT2D eigenvalue weighted by molar-refractivity contribution is 0.0214. The maximum atomic E-state index is 12.5. The molecule has 110 valence electrons. The summed E-state index contributed by atoms with van der Waals surface area (Å²) in [7, 11) is 0. The standard InChI is InChI=1S/C16H18N2O3/c1-16(2,3)21-15(20)18-9-8-17-12-7-5-4-6-11(12)10-13(17)14(18)19/h4-7,10H,8-9H2,1-3H3. The largest absolute Gasteiger partial charge is 0.443 e. The minimum atomic E-state index is -0.610. The summed E-state index contributed by atoms with van der Waals surface area (Å²) in [4.78, 5) is 25.8. The van der Waals surface area contributed by atoms with Crippen molar-refractivity contribution in [1.82, 2.24) is 9.47 Å². The van der Waals surface area contributed by atoms with E-state index in [-0.39, 0.29) is 5.91 Å². The summed E-state index contributed by atoms with van der Waals surface area (Å²) in [5.74, 6) is -0.299. The van der Waals surface area contributed by atoms with Crippen LogP contribution in [0.2, 0.25) is 0 Å². The lowest BCUT2D eigenvalue weighted by Gasteiger charge is -2.29. The fraction of sp³-hybridized carbons (Fsp3) is 0.375. The number of rotatable bonds is 0. The van der Waals surface area contributed by atoms with Crippen LogP contribution in [0.1, 0.15) is 31.3 Å². The molecule has 2 aromatic rings. The number of amides is 2. The Labute approximate surface area is 123 Å².